The molecule has 0 atom stereocenters. The van der Waals surface area contributed by atoms with Crippen molar-refractivity contribution in [2.24, 2.45) is 0 Å². The van der Waals surface area contributed by atoms with E-state index in [4.69, 9.17) is 0 Å². The lowest BCUT2D eigenvalue weighted by molar-refractivity contribution is 0.368. The van der Waals surface area contributed by atoms with Gasteiger partial charge in [0, 0.05) is 0 Å². The Morgan fingerprint density at radius 2 is 0.731 bits per heavy atom. The highest BCUT2D eigenvalue weighted by Crippen LogP contribution is 2.38. The minimum Gasteiger partial charge on any atom is -0.0654 e. The van der Waals surface area contributed by atoms with Crippen LogP contribution in [0.3, 0.4) is 0 Å². The van der Waals surface area contributed by atoms with Gasteiger partial charge in [0.05, 0.1) is 0 Å². The first-order chi connectivity index (χ1) is 12.5. The number of hydrogen-bond donors (Lipinski definition) is 0. The molecule has 1 aromatic carbocycles. The Balaban J connectivity index is 3.03. The molecule has 0 aromatic heterocycles. The van der Waals surface area contributed by atoms with Crippen LogP contribution in [0.15, 0.2) is 24.3 Å². The molecule has 0 aliphatic carbocycles. The number of unbranched alkanes of at least 4 members (excludes halogenated alkanes) is 4. The van der Waals surface area contributed by atoms with Gasteiger partial charge in [-0.25, -0.2) is 0 Å². The van der Waals surface area contributed by atoms with Crippen LogP contribution in [0.1, 0.15) is 130 Å². The summed E-state index contributed by atoms with van der Waals surface area (Å²) in [6.45, 7) is 14.3. The maximum atomic E-state index is 2.50. The maximum Gasteiger partial charge on any atom is -0.00753 e. The van der Waals surface area contributed by atoms with Crippen LogP contribution in [0.25, 0.3) is 0 Å². The molecule has 0 saturated heterocycles. The molecule has 0 unspecified atom stereocenters. The molecule has 26 heavy (non-hydrogen) atoms. The van der Waals surface area contributed by atoms with Crippen LogP contribution in [0.2, 0.25) is 0 Å². The third-order valence-electron chi connectivity index (χ3n) is 6.61. The largest absolute Gasteiger partial charge is 0.0654 e. The molecule has 1 aromatic rings. The third kappa shape index (κ3) is 6.75. The zero-order chi connectivity index (χ0) is 19.5. The van der Waals surface area contributed by atoms with Crippen molar-refractivity contribution in [3.05, 3.63) is 35.4 Å². The molecule has 0 nitrogen and oxygen atoms in total. The summed E-state index contributed by atoms with van der Waals surface area (Å²) < 4.78 is 0. The molecule has 0 amide bonds. The van der Waals surface area contributed by atoms with E-state index < -0.39 is 0 Å². The first-order valence-electron chi connectivity index (χ1n) is 11.6. The van der Waals surface area contributed by atoms with Crippen molar-refractivity contribution >= 4 is 0 Å². The quantitative estimate of drug-likeness (QED) is 0.311. The monoisotopic (exact) mass is 358 g/mol. The van der Waals surface area contributed by atoms with Crippen LogP contribution < -0.4 is 0 Å². The molecule has 0 spiro atoms. The Morgan fingerprint density at radius 3 is 0.923 bits per heavy atom. The third-order valence-corrected chi connectivity index (χ3v) is 6.61. The zero-order valence-electron chi connectivity index (χ0n) is 18.8. The van der Waals surface area contributed by atoms with Crippen molar-refractivity contribution in [2.45, 2.75) is 129 Å². The first kappa shape index (κ1) is 23.3. The van der Waals surface area contributed by atoms with Gasteiger partial charge in [-0.15, -0.1) is 0 Å². The van der Waals surface area contributed by atoms with Gasteiger partial charge in [0.2, 0.25) is 0 Å². The van der Waals surface area contributed by atoms with Gasteiger partial charge in [0.25, 0.3) is 0 Å². The summed E-state index contributed by atoms with van der Waals surface area (Å²) in [7, 11) is 0. The van der Waals surface area contributed by atoms with Crippen LogP contribution in [-0.4, -0.2) is 0 Å². The van der Waals surface area contributed by atoms with Gasteiger partial charge in [-0.2, -0.15) is 0 Å². The Labute approximate surface area is 165 Å². The summed E-state index contributed by atoms with van der Waals surface area (Å²) in [6, 6.07) is 9.88. The fourth-order valence-electron chi connectivity index (χ4n) is 4.37. The van der Waals surface area contributed by atoms with E-state index >= 15 is 0 Å². The van der Waals surface area contributed by atoms with Crippen molar-refractivity contribution in [3.8, 4) is 0 Å². The average molecular weight is 359 g/mol. The summed E-state index contributed by atoms with van der Waals surface area (Å²) in [5.74, 6) is 0. The Hall–Kier alpha value is -0.780. The van der Waals surface area contributed by atoms with Crippen LogP contribution in [-0.2, 0) is 10.8 Å². The van der Waals surface area contributed by atoms with E-state index in [1.807, 2.05) is 0 Å². The predicted molar refractivity (Wildman–Crippen MR) is 119 cm³/mol. The molecule has 150 valence electrons. The lowest BCUT2D eigenvalue weighted by Gasteiger charge is -2.33. The fourth-order valence-corrected chi connectivity index (χ4v) is 4.37. The lowest BCUT2D eigenvalue weighted by Crippen LogP contribution is -2.24. The SMILES string of the molecule is CCCCC(C)(CCCC)c1ccc(C(C)(CCCC)CCCC)cc1. The molecule has 0 aliphatic rings. The Morgan fingerprint density at radius 1 is 0.500 bits per heavy atom. The Bertz CT molecular complexity index is 406. The van der Waals surface area contributed by atoms with Crippen LogP contribution in [0, 0.1) is 0 Å². The highest BCUT2D eigenvalue weighted by Gasteiger charge is 2.28. The standard InChI is InChI=1S/C26H46/c1-7-11-19-25(5,20-12-8-2)23-15-17-24(18-16-23)26(6,21-13-9-3)22-14-10-4/h15-18H,7-14,19-22H2,1-6H3. The van der Waals surface area contributed by atoms with Gasteiger partial charge in [0.1, 0.15) is 0 Å². The van der Waals surface area contributed by atoms with Gasteiger partial charge < -0.3 is 0 Å². The minimum atomic E-state index is 0.355. The van der Waals surface area contributed by atoms with Crippen molar-refractivity contribution in [2.75, 3.05) is 0 Å². The smallest absolute Gasteiger partial charge is 0.00753 e. The van der Waals surface area contributed by atoms with Gasteiger partial charge >= 0.3 is 0 Å². The molecular weight excluding hydrogens is 312 g/mol. The van der Waals surface area contributed by atoms with E-state index in [2.05, 4.69) is 65.8 Å². The van der Waals surface area contributed by atoms with Crippen molar-refractivity contribution < 1.29 is 0 Å². The van der Waals surface area contributed by atoms with Crippen molar-refractivity contribution in [3.63, 3.8) is 0 Å². The summed E-state index contributed by atoms with van der Waals surface area (Å²) in [5.41, 5.74) is 3.84. The predicted octanol–water partition coefficient (Wildman–Crippen LogP) is 8.96. The van der Waals surface area contributed by atoms with Crippen molar-refractivity contribution in [1.82, 2.24) is 0 Å². The second-order valence-electron chi connectivity index (χ2n) is 9.11. The first-order valence-corrected chi connectivity index (χ1v) is 11.6. The molecule has 0 aliphatic heterocycles. The van der Waals surface area contributed by atoms with Gasteiger partial charge in [-0.05, 0) is 47.6 Å². The van der Waals surface area contributed by atoms with Crippen LogP contribution >= 0.6 is 0 Å². The summed E-state index contributed by atoms with van der Waals surface area (Å²) in [4.78, 5) is 0. The molecule has 0 saturated carbocycles. The molecule has 1 rings (SSSR count). The topological polar surface area (TPSA) is 0 Å². The molecular formula is C26H46. The lowest BCUT2D eigenvalue weighted by atomic mass is 9.71. The van der Waals surface area contributed by atoms with E-state index in [9.17, 15) is 0 Å². The minimum absolute atomic E-state index is 0.355. The molecule has 0 heterocycles. The zero-order valence-corrected chi connectivity index (χ0v) is 18.8. The van der Waals surface area contributed by atoms with Crippen LogP contribution in [0.4, 0.5) is 0 Å². The van der Waals surface area contributed by atoms with Crippen LogP contribution in [0.5, 0.6) is 0 Å². The highest BCUT2D eigenvalue weighted by atomic mass is 14.3. The maximum absolute atomic E-state index is 2.50. The van der Waals surface area contributed by atoms with E-state index in [0.717, 1.165) is 0 Å². The second kappa shape index (κ2) is 11.8. The van der Waals surface area contributed by atoms with Gasteiger partial charge in [-0.1, -0.05) is 117 Å². The highest BCUT2D eigenvalue weighted by molar-refractivity contribution is 5.33. The number of hydrogen-bond acceptors (Lipinski definition) is 0. The fraction of sp³-hybridized carbons (Fsp3) is 0.769. The number of benzene rings is 1. The van der Waals surface area contributed by atoms with E-state index in [1.165, 1.54) is 77.0 Å². The second-order valence-corrected chi connectivity index (χ2v) is 9.11. The van der Waals surface area contributed by atoms with E-state index in [1.54, 1.807) is 11.1 Å². The van der Waals surface area contributed by atoms with Gasteiger partial charge in [-0.3, -0.25) is 0 Å². The Kier molecular flexibility index (Phi) is 10.6. The van der Waals surface area contributed by atoms with Crippen molar-refractivity contribution in [1.29, 1.82) is 0 Å². The molecule has 0 bridgehead atoms. The van der Waals surface area contributed by atoms with E-state index in [-0.39, 0.29) is 0 Å². The summed E-state index contributed by atoms with van der Waals surface area (Å²) >= 11 is 0. The molecule has 0 heteroatoms. The summed E-state index contributed by atoms with van der Waals surface area (Å²) in [6.07, 6.45) is 15.9. The average Bonchev–Trinajstić information content (AvgIpc) is 2.67. The normalized spacial score (nSPS) is 12.5. The van der Waals surface area contributed by atoms with E-state index in [0.29, 0.717) is 10.8 Å². The van der Waals surface area contributed by atoms with Gasteiger partial charge in [0.15, 0.2) is 0 Å². The molecule has 0 fully saturated rings. The molecule has 0 N–H and O–H groups in total. The molecule has 0 radical (unpaired) electrons. The summed E-state index contributed by atoms with van der Waals surface area (Å²) in [5, 5.41) is 0. The number of rotatable bonds is 14.